The fraction of sp³-hybridized carbons (Fsp3) is 0.364. The zero-order valence-electron chi connectivity index (χ0n) is 16.5. The highest BCUT2D eigenvalue weighted by molar-refractivity contribution is 7.92. The van der Waals surface area contributed by atoms with Gasteiger partial charge in [-0.3, -0.25) is 14.3 Å². The second kappa shape index (κ2) is 8.78. The maximum atomic E-state index is 13.1. The summed E-state index contributed by atoms with van der Waals surface area (Å²) in [5, 5.41) is 0. The molecule has 0 saturated heterocycles. The van der Waals surface area contributed by atoms with Crippen LogP contribution in [0.4, 0.5) is 11.4 Å². The Balaban J connectivity index is 1.82. The Bertz CT molecular complexity index is 1040. The number of sulfonamides is 1. The summed E-state index contributed by atoms with van der Waals surface area (Å²) in [5.74, 6) is -0.798. The minimum Gasteiger partial charge on any atom is -0.398 e. The van der Waals surface area contributed by atoms with Crippen molar-refractivity contribution in [2.24, 2.45) is 0 Å². The molecule has 1 aliphatic rings. The van der Waals surface area contributed by atoms with E-state index in [4.69, 9.17) is 5.73 Å². The van der Waals surface area contributed by atoms with E-state index in [9.17, 15) is 18.0 Å². The summed E-state index contributed by atoms with van der Waals surface area (Å²) in [5.41, 5.74) is 6.89. The van der Waals surface area contributed by atoms with Crippen LogP contribution in [0.3, 0.4) is 0 Å². The molecule has 6 nitrogen and oxygen atoms in total. The van der Waals surface area contributed by atoms with Gasteiger partial charge in [0.1, 0.15) is 0 Å². The maximum Gasteiger partial charge on any atom is 0.232 e. The summed E-state index contributed by atoms with van der Waals surface area (Å²) < 4.78 is 27.6. The summed E-state index contributed by atoms with van der Waals surface area (Å²) in [4.78, 5) is 25.9. The lowest BCUT2D eigenvalue weighted by atomic mass is 9.82. The molecule has 0 aliphatic heterocycles. The number of fused-ring (bicyclic) bond motifs is 2. The molecule has 0 atom stereocenters. The van der Waals surface area contributed by atoms with Crippen LogP contribution in [0.2, 0.25) is 0 Å². The van der Waals surface area contributed by atoms with Crippen molar-refractivity contribution in [3.63, 3.8) is 0 Å². The van der Waals surface area contributed by atoms with Crippen LogP contribution in [0.1, 0.15) is 77.3 Å². The number of carbonyl (C=O) groups is 2. The van der Waals surface area contributed by atoms with E-state index in [0.29, 0.717) is 6.42 Å². The molecule has 0 radical (unpaired) electrons. The summed E-state index contributed by atoms with van der Waals surface area (Å²) >= 11 is 0. The van der Waals surface area contributed by atoms with Gasteiger partial charge in [-0.25, -0.2) is 8.42 Å². The normalized spacial score (nSPS) is 13.1. The van der Waals surface area contributed by atoms with Gasteiger partial charge < -0.3 is 5.73 Å². The molecule has 3 N–H and O–H groups in total. The van der Waals surface area contributed by atoms with Gasteiger partial charge in [0, 0.05) is 16.8 Å². The minimum atomic E-state index is -3.63. The predicted octanol–water partition coefficient (Wildman–Crippen LogP) is 4.15. The van der Waals surface area contributed by atoms with Crippen molar-refractivity contribution in [2.45, 2.75) is 45.4 Å². The van der Waals surface area contributed by atoms with Gasteiger partial charge in [0.05, 0.1) is 22.6 Å². The molecule has 1 aliphatic carbocycles. The molecule has 0 fully saturated rings. The van der Waals surface area contributed by atoms with Crippen molar-refractivity contribution in [3.05, 3.63) is 58.7 Å². The topological polar surface area (TPSA) is 106 Å². The third-order valence-corrected chi connectivity index (χ3v) is 6.49. The zero-order chi connectivity index (χ0) is 21.0. The quantitative estimate of drug-likeness (QED) is 0.404. The van der Waals surface area contributed by atoms with Crippen LogP contribution < -0.4 is 10.5 Å². The van der Waals surface area contributed by atoms with Crippen molar-refractivity contribution < 1.29 is 18.0 Å². The molecule has 3 rings (SSSR count). The molecule has 7 heteroatoms. The van der Waals surface area contributed by atoms with E-state index in [1.807, 2.05) is 0 Å². The fourth-order valence-electron chi connectivity index (χ4n) is 3.65. The van der Waals surface area contributed by atoms with Gasteiger partial charge in [0.15, 0.2) is 11.6 Å². The first-order valence-electron chi connectivity index (χ1n) is 9.97. The van der Waals surface area contributed by atoms with Crippen molar-refractivity contribution in [3.8, 4) is 0 Å². The van der Waals surface area contributed by atoms with E-state index < -0.39 is 15.8 Å². The molecule has 29 heavy (non-hydrogen) atoms. The Morgan fingerprint density at radius 1 is 0.828 bits per heavy atom. The third-order valence-electron chi connectivity index (χ3n) is 5.14. The Morgan fingerprint density at radius 2 is 1.45 bits per heavy atom. The van der Waals surface area contributed by atoms with E-state index in [1.54, 1.807) is 24.3 Å². The molecule has 0 unspecified atom stereocenters. The monoisotopic (exact) mass is 414 g/mol. The molecule has 0 bridgehead atoms. The Morgan fingerprint density at radius 3 is 2.17 bits per heavy atom. The van der Waals surface area contributed by atoms with Crippen molar-refractivity contribution >= 4 is 33.0 Å². The van der Waals surface area contributed by atoms with E-state index in [-0.39, 0.29) is 45.2 Å². The first-order valence-corrected chi connectivity index (χ1v) is 11.6. The molecular formula is C22H26N2O4S. The van der Waals surface area contributed by atoms with E-state index in [2.05, 4.69) is 11.6 Å². The lowest BCUT2D eigenvalue weighted by Gasteiger charge is -2.21. The average Bonchev–Trinajstić information content (AvgIpc) is 2.68. The Kier molecular flexibility index (Phi) is 6.37. The predicted molar refractivity (Wildman–Crippen MR) is 115 cm³/mol. The molecule has 154 valence electrons. The van der Waals surface area contributed by atoms with Crippen molar-refractivity contribution in [1.82, 2.24) is 0 Å². The van der Waals surface area contributed by atoms with Crippen LogP contribution in [0, 0.1) is 0 Å². The lowest BCUT2D eigenvalue weighted by molar-refractivity contribution is 0.0980. The standard InChI is InChI=1S/C22H26N2O4S/c1-2-3-4-5-6-7-14-29(27,28)24-18-13-9-11-16-20(18)22(26)19-15(21(16)25)10-8-12-17(19)23/h8-13,24H,2-7,14,23H2,1H3. The number of nitrogens with one attached hydrogen (secondary N) is 1. The highest BCUT2D eigenvalue weighted by atomic mass is 32.2. The zero-order valence-corrected chi connectivity index (χ0v) is 17.3. The number of hydrogen-bond donors (Lipinski definition) is 2. The van der Waals surface area contributed by atoms with E-state index >= 15 is 0 Å². The van der Waals surface area contributed by atoms with Crippen molar-refractivity contribution in [1.29, 1.82) is 0 Å². The van der Waals surface area contributed by atoms with Gasteiger partial charge in [0.2, 0.25) is 10.0 Å². The number of nitrogens with two attached hydrogens (primary N) is 1. The van der Waals surface area contributed by atoms with Crippen LogP contribution in [-0.4, -0.2) is 25.7 Å². The van der Waals surface area contributed by atoms with E-state index in [1.165, 1.54) is 12.1 Å². The Labute approximate surface area is 171 Å². The lowest BCUT2D eigenvalue weighted by Crippen LogP contribution is -2.25. The second-order valence-corrected chi connectivity index (χ2v) is 9.19. The first kappa shape index (κ1) is 21.0. The summed E-state index contributed by atoms with van der Waals surface area (Å²) in [6, 6.07) is 9.35. The van der Waals surface area contributed by atoms with Gasteiger partial charge in [-0.05, 0) is 18.6 Å². The maximum absolute atomic E-state index is 13.1. The largest absolute Gasteiger partial charge is 0.398 e. The number of nitrogen functional groups attached to an aromatic ring is 1. The number of carbonyl (C=O) groups excluding carboxylic acids is 2. The van der Waals surface area contributed by atoms with Crippen molar-refractivity contribution in [2.75, 3.05) is 16.2 Å². The highest BCUT2D eigenvalue weighted by Crippen LogP contribution is 2.34. The number of rotatable bonds is 9. The first-order chi connectivity index (χ1) is 13.9. The molecule has 0 heterocycles. The van der Waals surface area contributed by atoms with Crippen LogP contribution in [0.25, 0.3) is 0 Å². The molecule has 0 aromatic heterocycles. The summed E-state index contributed by atoms with van der Waals surface area (Å²) in [6.07, 6.45) is 5.80. The summed E-state index contributed by atoms with van der Waals surface area (Å²) in [6.45, 7) is 2.13. The van der Waals surface area contributed by atoms with Gasteiger partial charge in [-0.2, -0.15) is 0 Å². The molecular weight excluding hydrogens is 388 g/mol. The second-order valence-electron chi connectivity index (χ2n) is 7.34. The fourth-order valence-corrected chi connectivity index (χ4v) is 4.84. The van der Waals surface area contributed by atoms with Gasteiger partial charge >= 0.3 is 0 Å². The van der Waals surface area contributed by atoms with Gasteiger partial charge in [-0.1, -0.05) is 63.3 Å². The third kappa shape index (κ3) is 4.50. The highest BCUT2D eigenvalue weighted by Gasteiger charge is 2.33. The molecule has 2 aromatic carbocycles. The van der Waals surface area contributed by atoms with Crippen LogP contribution in [0.15, 0.2) is 36.4 Å². The minimum absolute atomic E-state index is 0.0242. The number of ketones is 2. The van der Waals surface area contributed by atoms with E-state index in [0.717, 1.165) is 32.1 Å². The molecule has 0 saturated carbocycles. The Hall–Kier alpha value is -2.67. The molecule has 0 spiro atoms. The van der Waals surface area contributed by atoms with Crippen LogP contribution >= 0.6 is 0 Å². The number of hydrogen-bond acceptors (Lipinski definition) is 5. The average molecular weight is 415 g/mol. The summed E-state index contributed by atoms with van der Waals surface area (Å²) in [7, 11) is -3.63. The van der Waals surface area contributed by atoms with Gasteiger partial charge in [0.25, 0.3) is 0 Å². The number of unbranched alkanes of at least 4 members (excludes halogenated alkanes) is 5. The molecule has 0 amide bonds. The smallest absolute Gasteiger partial charge is 0.232 e. The number of anilines is 2. The number of benzene rings is 2. The van der Waals surface area contributed by atoms with Crippen LogP contribution in [-0.2, 0) is 10.0 Å². The van der Waals surface area contributed by atoms with Crippen LogP contribution in [0.5, 0.6) is 0 Å². The SMILES string of the molecule is CCCCCCCCS(=O)(=O)Nc1cccc2c1C(=O)c1c(N)cccc1C2=O. The molecule has 2 aromatic rings. The van der Waals surface area contributed by atoms with Gasteiger partial charge in [-0.15, -0.1) is 0 Å².